The molecule has 1 aromatic carbocycles. The lowest BCUT2D eigenvalue weighted by molar-refractivity contribution is 0.189. The van der Waals surface area contributed by atoms with Crippen molar-refractivity contribution < 1.29 is 13.6 Å². The van der Waals surface area contributed by atoms with E-state index in [2.05, 4.69) is 73.9 Å². The third-order valence-corrected chi connectivity index (χ3v) is 5.15. The molecule has 1 aliphatic heterocycles. The summed E-state index contributed by atoms with van der Waals surface area (Å²) in [6.07, 6.45) is 10.6. The number of pyridine rings is 1. The van der Waals surface area contributed by atoms with Gasteiger partial charge in [0.25, 0.3) is 0 Å². The van der Waals surface area contributed by atoms with Gasteiger partial charge in [-0.25, -0.2) is 0 Å². The fourth-order valence-electron chi connectivity index (χ4n) is 2.73. The monoisotopic (exact) mass is 407 g/mol. The summed E-state index contributed by atoms with van der Waals surface area (Å²) < 4.78 is 14.0. The SMILES string of the molecule is CCCCC1N(C)C=CN1C.COP(OC)OC.c1ccc2ncccc2c1. The predicted molar refractivity (Wildman–Crippen MR) is 118 cm³/mol. The molecule has 0 saturated heterocycles. The van der Waals surface area contributed by atoms with Crippen LogP contribution in [0.25, 0.3) is 10.9 Å². The number of rotatable bonds is 6. The summed E-state index contributed by atoms with van der Waals surface area (Å²) in [4.78, 5) is 8.73. The topological polar surface area (TPSA) is 47.1 Å². The molecular weight excluding hydrogens is 373 g/mol. The first kappa shape index (κ1) is 24.3. The Balaban J connectivity index is 0.000000216. The Hall–Kier alpha value is -1.72. The van der Waals surface area contributed by atoms with E-state index >= 15 is 0 Å². The molecule has 0 atom stereocenters. The number of nitrogens with zero attached hydrogens (tertiary/aromatic N) is 3. The third-order valence-electron chi connectivity index (χ3n) is 4.25. The first-order valence-electron chi connectivity index (χ1n) is 9.41. The molecule has 6 nitrogen and oxygen atoms in total. The van der Waals surface area contributed by atoms with Gasteiger partial charge in [0.05, 0.1) is 5.52 Å². The number of benzene rings is 1. The van der Waals surface area contributed by atoms with Crippen LogP contribution >= 0.6 is 8.60 Å². The Morgan fingerprint density at radius 3 is 2.00 bits per heavy atom. The van der Waals surface area contributed by atoms with Gasteiger partial charge in [0.2, 0.25) is 0 Å². The summed E-state index contributed by atoms with van der Waals surface area (Å²) >= 11 is 0. The number of unbranched alkanes of at least 4 members (excludes halogenated alkanes) is 1. The van der Waals surface area contributed by atoms with Crippen LogP contribution in [-0.4, -0.2) is 56.4 Å². The summed E-state index contributed by atoms with van der Waals surface area (Å²) in [6.45, 7) is 2.24. The van der Waals surface area contributed by atoms with Crippen LogP contribution in [0, 0.1) is 0 Å². The average molecular weight is 407 g/mol. The van der Waals surface area contributed by atoms with E-state index in [1.165, 1.54) is 24.6 Å². The molecule has 0 spiro atoms. The average Bonchev–Trinajstić information content (AvgIpc) is 3.06. The second kappa shape index (κ2) is 14.3. The van der Waals surface area contributed by atoms with Crippen LogP contribution in [0.4, 0.5) is 0 Å². The Bertz CT molecular complexity index is 600. The fraction of sp³-hybridized carbons (Fsp3) is 0.476. The van der Waals surface area contributed by atoms with Crippen LogP contribution < -0.4 is 0 Å². The van der Waals surface area contributed by atoms with Crippen LogP contribution in [0.5, 0.6) is 0 Å². The molecule has 0 radical (unpaired) electrons. The highest BCUT2D eigenvalue weighted by Crippen LogP contribution is 2.35. The molecule has 0 N–H and O–H groups in total. The van der Waals surface area contributed by atoms with Gasteiger partial charge in [-0.05, 0) is 25.0 Å². The predicted octanol–water partition coefficient (Wildman–Crippen LogP) is 5.24. The third kappa shape index (κ3) is 8.53. The minimum atomic E-state index is -1.05. The molecule has 28 heavy (non-hydrogen) atoms. The Morgan fingerprint density at radius 1 is 0.929 bits per heavy atom. The van der Waals surface area contributed by atoms with Crippen LogP contribution in [0.15, 0.2) is 55.0 Å². The molecule has 3 rings (SSSR count). The van der Waals surface area contributed by atoms with Crippen molar-refractivity contribution in [3.63, 3.8) is 0 Å². The highest BCUT2D eigenvalue weighted by atomic mass is 31.2. The maximum absolute atomic E-state index is 4.67. The lowest BCUT2D eigenvalue weighted by atomic mass is 10.2. The minimum Gasteiger partial charge on any atom is -0.359 e. The normalized spacial score (nSPS) is 13.4. The quantitative estimate of drug-likeness (QED) is 0.611. The van der Waals surface area contributed by atoms with Crippen LogP contribution in [-0.2, 0) is 13.6 Å². The van der Waals surface area contributed by atoms with E-state index in [0.717, 1.165) is 5.52 Å². The Morgan fingerprint density at radius 2 is 1.50 bits per heavy atom. The van der Waals surface area contributed by atoms with Gasteiger partial charge in [-0.15, -0.1) is 0 Å². The van der Waals surface area contributed by atoms with Crippen molar-refractivity contribution in [2.45, 2.75) is 32.4 Å². The fourth-order valence-corrected chi connectivity index (χ4v) is 3.18. The zero-order chi connectivity index (χ0) is 20.8. The van der Waals surface area contributed by atoms with Crippen molar-refractivity contribution in [1.29, 1.82) is 0 Å². The van der Waals surface area contributed by atoms with Crippen molar-refractivity contribution in [2.75, 3.05) is 35.4 Å². The molecule has 2 heterocycles. The van der Waals surface area contributed by atoms with Gasteiger partial charge in [-0.3, -0.25) is 4.98 Å². The van der Waals surface area contributed by atoms with E-state index in [4.69, 9.17) is 0 Å². The molecule has 1 aliphatic rings. The highest BCUT2D eigenvalue weighted by Gasteiger charge is 2.18. The molecule has 0 amide bonds. The number of hydrogen-bond acceptors (Lipinski definition) is 6. The van der Waals surface area contributed by atoms with E-state index in [0.29, 0.717) is 6.17 Å². The highest BCUT2D eigenvalue weighted by molar-refractivity contribution is 7.41. The molecule has 1 aromatic heterocycles. The summed E-state index contributed by atoms with van der Waals surface area (Å²) in [6, 6.07) is 12.1. The van der Waals surface area contributed by atoms with Crippen molar-refractivity contribution in [1.82, 2.24) is 14.8 Å². The lowest BCUT2D eigenvalue weighted by Crippen LogP contribution is -2.33. The summed E-state index contributed by atoms with van der Waals surface area (Å²) in [5.41, 5.74) is 1.06. The molecule has 0 fully saturated rings. The molecule has 0 saturated carbocycles. The Kier molecular flexibility index (Phi) is 12.4. The second-order valence-electron chi connectivity index (χ2n) is 6.22. The molecule has 7 heteroatoms. The van der Waals surface area contributed by atoms with Crippen molar-refractivity contribution >= 4 is 19.5 Å². The molecule has 0 aliphatic carbocycles. The van der Waals surface area contributed by atoms with Gasteiger partial charge in [-0.1, -0.05) is 37.6 Å². The van der Waals surface area contributed by atoms with Crippen molar-refractivity contribution in [3.05, 3.63) is 55.0 Å². The van der Waals surface area contributed by atoms with Gasteiger partial charge in [-0.2, -0.15) is 0 Å². The maximum Gasteiger partial charge on any atom is 0.331 e. The van der Waals surface area contributed by atoms with Gasteiger partial charge >= 0.3 is 8.60 Å². The van der Waals surface area contributed by atoms with Gasteiger partial charge in [0, 0.05) is 59.4 Å². The number of fused-ring (bicyclic) bond motifs is 1. The molecule has 0 bridgehead atoms. The van der Waals surface area contributed by atoms with E-state index in [1.807, 2.05) is 30.5 Å². The van der Waals surface area contributed by atoms with Gasteiger partial charge in [0.1, 0.15) is 6.17 Å². The number of hydrogen-bond donors (Lipinski definition) is 0. The van der Waals surface area contributed by atoms with Crippen molar-refractivity contribution in [2.24, 2.45) is 0 Å². The summed E-state index contributed by atoms with van der Waals surface area (Å²) in [7, 11) is 7.85. The summed E-state index contributed by atoms with van der Waals surface area (Å²) in [5.74, 6) is 0. The van der Waals surface area contributed by atoms with E-state index in [1.54, 1.807) is 21.3 Å². The molecular formula is C21H34N3O3P. The number of aromatic nitrogens is 1. The minimum absolute atomic E-state index is 0.606. The zero-order valence-electron chi connectivity index (χ0n) is 17.9. The van der Waals surface area contributed by atoms with E-state index in [-0.39, 0.29) is 0 Å². The van der Waals surface area contributed by atoms with Crippen molar-refractivity contribution in [3.8, 4) is 0 Å². The molecule has 0 unspecified atom stereocenters. The van der Waals surface area contributed by atoms with Crippen LogP contribution in [0.1, 0.15) is 26.2 Å². The molecule has 2 aromatic rings. The largest absolute Gasteiger partial charge is 0.359 e. The van der Waals surface area contributed by atoms with Crippen LogP contribution in [0.3, 0.4) is 0 Å². The first-order valence-corrected chi connectivity index (χ1v) is 10.5. The van der Waals surface area contributed by atoms with Gasteiger partial charge in [0.15, 0.2) is 0 Å². The smallest absolute Gasteiger partial charge is 0.331 e. The van der Waals surface area contributed by atoms with Crippen LogP contribution in [0.2, 0.25) is 0 Å². The zero-order valence-corrected chi connectivity index (χ0v) is 18.8. The Labute approximate surface area is 171 Å². The van der Waals surface area contributed by atoms with E-state index in [9.17, 15) is 0 Å². The van der Waals surface area contributed by atoms with Gasteiger partial charge < -0.3 is 23.4 Å². The summed E-state index contributed by atoms with van der Waals surface area (Å²) in [5, 5.41) is 1.20. The lowest BCUT2D eigenvalue weighted by Gasteiger charge is -2.27. The second-order valence-corrected chi connectivity index (χ2v) is 7.76. The maximum atomic E-state index is 4.67. The standard InChI is InChI=1S/C9H18N2.C9H7N.C3H9O3P/c1-4-5-6-9-10(2)7-8-11(9)3;1-2-6-9-8(4-1)5-3-7-10-9;1-4-7(5-2)6-3/h7-9H,4-6H2,1-3H3;1-7H;1-3H3. The van der Waals surface area contributed by atoms with E-state index < -0.39 is 8.60 Å². The molecule has 156 valence electrons. The number of para-hydroxylation sites is 1. The first-order chi connectivity index (χ1) is 13.6.